The highest BCUT2D eigenvalue weighted by Crippen LogP contribution is 2.14. The van der Waals surface area contributed by atoms with Gasteiger partial charge in [0.2, 0.25) is 5.91 Å². The van der Waals surface area contributed by atoms with Crippen LogP contribution >= 0.6 is 11.3 Å². The summed E-state index contributed by atoms with van der Waals surface area (Å²) >= 11 is 1.52. The Kier molecular flexibility index (Phi) is 6.76. The second-order valence-corrected chi connectivity index (χ2v) is 7.73. The summed E-state index contributed by atoms with van der Waals surface area (Å²) < 4.78 is 5.57. The van der Waals surface area contributed by atoms with Crippen molar-refractivity contribution in [1.82, 2.24) is 15.3 Å². The molecule has 28 heavy (non-hydrogen) atoms. The van der Waals surface area contributed by atoms with Gasteiger partial charge < -0.3 is 9.64 Å². The predicted octanol–water partition coefficient (Wildman–Crippen LogP) is 2.54. The van der Waals surface area contributed by atoms with Crippen LogP contribution in [0, 0.1) is 6.92 Å². The molecule has 0 spiro atoms. The number of carbonyl (C=O) groups is 2. The van der Waals surface area contributed by atoms with Gasteiger partial charge in [0.1, 0.15) is 5.75 Å². The molecule has 0 bridgehead atoms. The van der Waals surface area contributed by atoms with Crippen molar-refractivity contribution in [3.8, 4) is 5.75 Å². The first-order valence-corrected chi connectivity index (χ1v) is 10.1. The number of hydrogen-bond donors (Lipinski definition) is 1. The number of hydrogen-bond acceptors (Lipinski definition) is 6. The number of amides is 2. The molecule has 2 heterocycles. The maximum absolute atomic E-state index is 12.0. The summed E-state index contributed by atoms with van der Waals surface area (Å²) in [4.78, 5) is 30.1. The number of rotatable bonds is 7. The number of thiazole rings is 1. The first-order chi connectivity index (χ1) is 13.5. The summed E-state index contributed by atoms with van der Waals surface area (Å²) in [5.41, 5.74) is 4.85. The van der Waals surface area contributed by atoms with E-state index in [1.165, 1.54) is 11.3 Å². The van der Waals surface area contributed by atoms with Gasteiger partial charge in [-0.25, -0.2) is 10.4 Å². The molecule has 0 atom stereocenters. The third-order valence-corrected chi connectivity index (χ3v) is 5.27. The van der Waals surface area contributed by atoms with Crippen molar-refractivity contribution in [3.63, 3.8) is 0 Å². The third-order valence-electron chi connectivity index (χ3n) is 4.45. The largest absolute Gasteiger partial charge is 0.484 e. The summed E-state index contributed by atoms with van der Waals surface area (Å²) in [5.74, 6) is 0.453. The summed E-state index contributed by atoms with van der Waals surface area (Å²) in [5, 5.41) is 6.96. The van der Waals surface area contributed by atoms with Gasteiger partial charge in [-0.15, -0.1) is 11.3 Å². The Balaban J connectivity index is 1.48. The summed E-state index contributed by atoms with van der Waals surface area (Å²) in [6.07, 6.45) is 2.34. The molecular formula is C20H24N4O3S. The molecule has 0 aliphatic carbocycles. The standard InChI is InChI=1S/C20H24N4O3S/c1-14(22-23-19(25)11-17-13-28-15(2)21-17)16-5-7-18(8-6-16)27-12-20(26)24-9-3-4-10-24/h5-8,13H,3-4,9-12H2,1-2H3,(H,23,25)/b22-14-. The van der Waals surface area contributed by atoms with Crippen LogP contribution in [0.4, 0.5) is 0 Å². The van der Waals surface area contributed by atoms with Crippen LogP contribution in [0.2, 0.25) is 0 Å². The maximum Gasteiger partial charge on any atom is 0.260 e. The van der Waals surface area contributed by atoms with E-state index >= 15 is 0 Å². The lowest BCUT2D eigenvalue weighted by Crippen LogP contribution is -2.32. The van der Waals surface area contributed by atoms with Crippen LogP contribution in [0.1, 0.15) is 36.0 Å². The normalized spacial score (nSPS) is 14.2. The average Bonchev–Trinajstić information content (AvgIpc) is 3.36. The van der Waals surface area contributed by atoms with Crippen LogP contribution in [-0.4, -0.2) is 47.1 Å². The number of likely N-dealkylation sites (tertiary alicyclic amines) is 1. The van der Waals surface area contributed by atoms with Crippen LogP contribution in [-0.2, 0) is 16.0 Å². The van der Waals surface area contributed by atoms with E-state index in [9.17, 15) is 9.59 Å². The second kappa shape index (κ2) is 9.45. The van der Waals surface area contributed by atoms with Crippen LogP contribution in [0.5, 0.6) is 5.75 Å². The van der Waals surface area contributed by atoms with Gasteiger partial charge in [-0.05, 0) is 56.5 Å². The lowest BCUT2D eigenvalue weighted by Gasteiger charge is -2.15. The number of benzene rings is 1. The molecule has 7 nitrogen and oxygen atoms in total. The minimum absolute atomic E-state index is 0.0253. The van der Waals surface area contributed by atoms with Gasteiger partial charge in [0.05, 0.1) is 22.8 Å². The van der Waals surface area contributed by atoms with E-state index in [-0.39, 0.29) is 24.8 Å². The molecule has 148 valence electrons. The molecule has 0 saturated carbocycles. The van der Waals surface area contributed by atoms with E-state index in [0.717, 1.165) is 42.2 Å². The Labute approximate surface area is 168 Å². The van der Waals surface area contributed by atoms with Gasteiger partial charge in [-0.2, -0.15) is 5.10 Å². The number of ether oxygens (including phenoxy) is 1. The number of aryl methyl sites for hydroxylation is 1. The zero-order valence-electron chi connectivity index (χ0n) is 16.1. The van der Waals surface area contributed by atoms with Gasteiger partial charge in [0.15, 0.2) is 6.61 Å². The van der Waals surface area contributed by atoms with E-state index in [2.05, 4.69) is 15.5 Å². The van der Waals surface area contributed by atoms with Gasteiger partial charge in [0, 0.05) is 18.5 Å². The van der Waals surface area contributed by atoms with Crippen molar-refractivity contribution >= 4 is 28.9 Å². The Morgan fingerprint density at radius 1 is 1.25 bits per heavy atom. The molecule has 1 aromatic heterocycles. The first kappa shape index (κ1) is 20.0. The molecule has 0 unspecified atom stereocenters. The molecule has 0 radical (unpaired) electrons. The van der Waals surface area contributed by atoms with Crippen LogP contribution < -0.4 is 10.2 Å². The molecule has 2 amide bonds. The molecule has 2 aromatic rings. The van der Waals surface area contributed by atoms with Gasteiger partial charge in [-0.1, -0.05) is 0 Å². The molecular weight excluding hydrogens is 376 g/mol. The number of nitrogens with one attached hydrogen (secondary N) is 1. The molecule has 3 rings (SSSR count). The number of carbonyl (C=O) groups excluding carboxylic acids is 2. The Bertz CT molecular complexity index is 855. The Morgan fingerprint density at radius 3 is 2.61 bits per heavy atom. The van der Waals surface area contributed by atoms with Crippen molar-refractivity contribution in [3.05, 3.63) is 45.9 Å². The summed E-state index contributed by atoms with van der Waals surface area (Å²) in [6.45, 7) is 5.43. The maximum atomic E-state index is 12.0. The fourth-order valence-electron chi connectivity index (χ4n) is 2.90. The minimum atomic E-state index is -0.204. The molecule has 8 heteroatoms. The van der Waals surface area contributed by atoms with E-state index in [1.54, 1.807) is 12.1 Å². The van der Waals surface area contributed by atoms with Crippen LogP contribution in [0.15, 0.2) is 34.7 Å². The molecule has 1 N–H and O–H groups in total. The minimum Gasteiger partial charge on any atom is -0.484 e. The highest BCUT2D eigenvalue weighted by molar-refractivity contribution is 7.09. The smallest absolute Gasteiger partial charge is 0.260 e. The Hall–Kier alpha value is -2.74. The number of hydrazone groups is 1. The van der Waals surface area contributed by atoms with Crippen molar-refractivity contribution in [1.29, 1.82) is 0 Å². The highest BCUT2D eigenvalue weighted by Gasteiger charge is 2.18. The lowest BCUT2D eigenvalue weighted by molar-refractivity contribution is -0.132. The van der Waals surface area contributed by atoms with E-state index < -0.39 is 0 Å². The van der Waals surface area contributed by atoms with Crippen molar-refractivity contribution in [2.45, 2.75) is 33.1 Å². The highest BCUT2D eigenvalue weighted by atomic mass is 32.1. The predicted molar refractivity (Wildman–Crippen MR) is 109 cm³/mol. The molecule has 1 fully saturated rings. The van der Waals surface area contributed by atoms with Gasteiger partial charge >= 0.3 is 0 Å². The average molecular weight is 401 g/mol. The van der Waals surface area contributed by atoms with Crippen LogP contribution in [0.25, 0.3) is 0 Å². The topological polar surface area (TPSA) is 83.9 Å². The lowest BCUT2D eigenvalue weighted by atomic mass is 10.1. The fourth-order valence-corrected chi connectivity index (χ4v) is 3.51. The first-order valence-electron chi connectivity index (χ1n) is 9.26. The van der Waals surface area contributed by atoms with Crippen molar-refractivity contribution in [2.24, 2.45) is 5.10 Å². The van der Waals surface area contributed by atoms with E-state index in [4.69, 9.17) is 4.74 Å². The van der Waals surface area contributed by atoms with E-state index in [0.29, 0.717) is 11.5 Å². The fraction of sp³-hybridized carbons (Fsp3) is 0.400. The Morgan fingerprint density at radius 2 is 1.96 bits per heavy atom. The second-order valence-electron chi connectivity index (χ2n) is 6.67. The number of nitrogens with zero attached hydrogens (tertiary/aromatic N) is 3. The van der Waals surface area contributed by atoms with Crippen LogP contribution in [0.3, 0.4) is 0 Å². The molecule has 1 saturated heterocycles. The quantitative estimate of drug-likeness (QED) is 0.572. The third kappa shape index (κ3) is 5.63. The zero-order chi connectivity index (χ0) is 19.9. The van der Waals surface area contributed by atoms with Gasteiger partial charge in [-0.3, -0.25) is 9.59 Å². The molecule has 1 aliphatic heterocycles. The van der Waals surface area contributed by atoms with E-state index in [1.807, 2.05) is 36.3 Å². The summed E-state index contributed by atoms with van der Waals surface area (Å²) in [7, 11) is 0. The summed E-state index contributed by atoms with van der Waals surface area (Å²) in [6, 6.07) is 7.30. The zero-order valence-corrected chi connectivity index (χ0v) is 16.9. The van der Waals surface area contributed by atoms with Crippen molar-refractivity contribution in [2.75, 3.05) is 19.7 Å². The van der Waals surface area contributed by atoms with Crippen molar-refractivity contribution < 1.29 is 14.3 Å². The monoisotopic (exact) mass is 400 g/mol. The molecule has 1 aliphatic rings. The number of aromatic nitrogens is 1. The van der Waals surface area contributed by atoms with Gasteiger partial charge in [0.25, 0.3) is 5.91 Å². The molecule has 1 aromatic carbocycles. The SMILES string of the molecule is C/C(=N/NC(=O)Cc1csc(C)n1)c1ccc(OCC(=O)N2CCCC2)cc1.